The van der Waals surface area contributed by atoms with E-state index < -0.39 is 49.1 Å². The number of hydrogen-bond donors (Lipinski definition) is 0. The summed E-state index contributed by atoms with van der Waals surface area (Å²) in [4.78, 5) is 30.9. The highest BCUT2D eigenvalue weighted by atomic mass is 35.5. The number of benzene rings is 3. The van der Waals surface area contributed by atoms with Gasteiger partial charge in [-0.25, -0.2) is 14.0 Å². The quantitative estimate of drug-likeness (QED) is 0.0820. The molecule has 0 N–H and O–H groups in total. The zero-order valence-electron chi connectivity index (χ0n) is 30.4. The predicted octanol–water partition coefficient (Wildman–Crippen LogP) is 7.75. The minimum atomic E-state index is -3.32. The van der Waals surface area contributed by atoms with Crippen molar-refractivity contribution in [3.63, 3.8) is 0 Å². The average molecular weight is 764 g/mol. The number of rotatable bonds is 12. The first-order chi connectivity index (χ1) is 26.1. The SMILES string of the molecule is [2H]C([2H])([2H])Oc1cc(C(Cc2c(Cl)c[n+]([O-])cc2Cl)OC(=O)c2cccc(CN(C(=O)O[C@H]3CN4CCC3CC4)c3ccccc3F)c2)ccc1OC(F)F. The molecule has 3 saturated heterocycles. The minimum absolute atomic E-state index is 0.000940. The number of piperidine rings is 3. The average Bonchev–Trinajstić information content (AvgIpc) is 3.12. The fourth-order valence-electron chi connectivity index (χ4n) is 6.47. The van der Waals surface area contributed by atoms with Crippen molar-refractivity contribution in [1.82, 2.24) is 4.90 Å². The topological polar surface area (TPSA) is 104 Å². The lowest BCUT2D eigenvalue weighted by atomic mass is 9.86. The normalized spacial score (nSPS) is 19.6. The Balaban J connectivity index is 1.29. The summed E-state index contributed by atoms with van der Waals surface area (Å²) in [6.07, 6.45) is 1.15. The number of methoxy groups -OCH3 is 1. The highest BCUT2D eigenvalue weighted by molar-refractivity contribution is 6.35. The Morgan fingerprint density at radius 1 is 1.04 bits per heavy atom. The first kappa shape index (κ1) is 33.1. The van der Waals surface area contributed by atoms with Gasteiger partial charge in [0.2, 0.25) is 0 Å². The molecule has 3 fully saturated rings. The van der Waals surface area contributed by atoms with Gasteiger partial charge in [0.05, 0.1) is 28.9 Å². The number of anilines is 1. The van der Waals surface area contributed by atoms with Crippen LogP contribution in [-0.2, 0) is 22.4 Å². The molecular formula is C37H34Cl2F3N3O7. The van der Waals surface area contributed by atoms with Crippen LogP contribution >= 0.6 is 23.2 Å². The van der Waals surface area contributed by atoms with Crippen molar-refractivity contribution in [2.45, 2.75) is 44.6 Å². The van der Waals surface area contributed by atoms with E-state index in [1.54, 1.807) is 12.1 Å². The van der Waals surface area contributed by atoms with Gasteiger partial charge in [-0.1, -0.05) is 53.5 Å². The molecule has 3 aliphatic rings. The van der Waals surface area contributed by atoms with Crippen molar-refractivity contribution in [3.8, 4) is 11.5 Å². The van der Waals surface area contributed by atoms with Crippen molar-refractivity contribution in [2.75, 3.05) is 31.6 Å². The number of hydrogen-bond acceptors (Lipinski definition) is 8. The Morgan fingerprint density at radius 3 is 2.46 bits per heavy atom. The molecule has 10 nitrogen and oxygen atoms in total. The molecule has 52 heavy (non-hydrogen) atoms. The van der Waals surface area contributed by atoms with Crippen LogP contribution in [0.25, 0.3) is 0 Å². The summed E-state index contributed by atoms with van der Waals surface area (Å²) in [6, 6.07) is 15.1. The number of carbonyl (C=O) groups excluding carboxylic acids is 2. The molecule has 7 rings (SSSR count). The molecule has 1 unspecified atom stereocenters. The molecule has 0 radical (unpaired) electrons. The molecule has 4 aromatic rings. The summed E-state index contributed by atoms with van der Waals surface area (Å²) >= 11 is 12.7. The molecule has 0 saturated carbocycles. The second-order valence-corrected chi connectivity index (χ2v) is 13.2. The molecule has 1 aromatic heterocycles. The predicted molar refractivity (Wildman–Crippen MR) is 185 cm³/mol. The Hall–Kier alpha value is -4.72. The maximum absolute atomic E-state index is 15.2. The number of nitrogens with zero attached hydrogens (tertiary/aromatic N) is 3. The third-order valence-corrected chi connectivity index (χ3v) is 9.73. The van der Waals surface area contributed by atoms with Crippen LogP contribution in [0.1, 0.15) is 50.1 Å². The zero-order chi connectivity index (χ0) is 39.4. The van der Waals surface area contributed by atoms with E-state index in [4.69, 9.17) is 41.5 Å². The molecule has 4 heterocycles. The Morgan fingerprint density at radius 2 is 1.79 bits per heavy atom. The van der Waals surface area contributed by atoms with Crippen LogP contribution < -0.4 is 19.1 Å². The largest absolute Gasteiger partial charge is 0.619 e. The van der Waals surface area contributed by atoms with Gasteiger partial charge in [-0.3, -0.25) is 9.80 Å². The van der Waals surface area contributed by atoms with E-state index in [0.717, 1.165) is 55.4 Å². The second kappa shape index (κ2) is 16.3. The molecule has 274 valence electrons. The Kier molecular flexibility index (Phi) is 10.4. The lowest BCUT2D eigenvalue weighted by Gasteiger charge is -2.44. The van der Waals surface area contributed by atoms with E-state index in [1.165, 1.54) is 42.5 Å². The number of aromatic nitrogens is 1. The van der Waals surface area contributed by atoms with Gasteiger partial charge < -0.3 is 24.2 Å². The third kappa shape index (κ3) is 8.66. The summed E-state index contributed by atoms with van der Waals surface area (Å²) in [6.45, 7) is -1.05. The second-order valence-electron chi connectivity index (χ2n) is 12.4. The lowest BCUT2D eigenvalue weighted by molar-refractivity contribution is -0.605. The lowest BCUT2D eigenvalue weighted by Crippen LogP contribution is -2.53. The van der Waals surface area contributed by atoms with Crippen LogP contribution in [0.2, 0.25) is 10.0 Å². The number of carbonyl (C=O) groups is 2. The summed E-state index contributed by atoms with van der Waals surface area (Å²) in [7, 11) is -3.07. The number of halogens is 5. The fourth-order valence-corrected chi connectivity index (χ4v) is 7.07. The van der Waals surface area contributed by atoms with Gasteiger partial charge in [-0.05, 0) is 79.4 Å². The number of para-hydroxylation sites is 1. The number of pyridine rings is 1. The van der Waals surface area contributed by atoms with Crippen molar-refractivity contribution < 1.29 is 50.6 Å². The van der Waals surface area contributed by atoms with Crippen LogP contribution in [0, 0.1) is 16.9 Å². The summed E-state index contributed by atoms with van der Waals surface area (Å²) in [5.41, 5.74) is 0.636. The van der Waals surface area contributed by atoms with Gasteiger partial charge >= 0.3 is 18.7 Å². The first-order valence-electron chi connectivity index (χ1n) is 17.7. The van der Waals surface area contributed by atoms with E-state index in [0.29, 0.717) is 16.8 Å². The first-order valence-corrected chi connectivity index (χ1v) is 17.0. The van der Waals surface area contributed by atoms with E-state index in [-0.39, 0.29) is 57.4 Å². The molecule has 3 aromatic carbocycles. The standard InChI is InChI=1S/C37H34Cl2F3N3O7/c1-49-33-16-24(9-10-31(33)51-36(41)42)32(17-26-27(38)19-44(48)20-28(26)39)50-35(46)25-6-4-5-22(15-25)18-45(30-8-3-2-7-29(30)40)37(47)52-34-21-43-13-11-23(34)12-14-43/h2-10,15-16,19-20,23,32,34,36H,11-14,17-18,21H2,1H3/t32?,34-/m0/s1/i1D3. The van der Waals surface area contributed by atoms with E-state index in [9.17, 15) is 23.6 Å². The van der Waals surface area contributed by atoms with Crippen LogP contribution in [0.5, 0.6) is 11.5 Å². The molecule has 15 heteroatoms. The number of ether oxygens (including phenoxy) is 4. The van der Waals surface area contributed by atoms with Gasteiger partial charge in [0, 0.05) is 18.5 Å². The van der Waals surface area contributed by atoms with Crippen LogP contribution in [-0.4, -0.2) is 56.4 Å². The van der Waals surface area contributed by atoms with E-state index in [2.05, 4.69) is 9.64 Å². The third-order valence-electron chi connectivity index (χ3n) is 9.08. The highest BCUT2D eigenvalue weighted by Gasteiger charge is 2.38. The monoisotopic (exact) mass is 762 g/mol. The van der Waals surface area contributed by atoms with Crippen molar-refractivity contribution in [2.24, 2.45) is 5.92 Å². The van der Waals surface area contributed by atoms with Crippen LogP contribution in [0.3, 0.4) is 0 Å². The van der Waals surface area contributed by atoms with Crippen molar-refractivity contribution in [3.05, 3.63) is 122 Å². The molecule has 0 aliphatic carbocycles. The van der Waals surface area contributed by atoms with Gasteiger partial charge in [-0.15, -0.1) is 0 Å². The Bertz CT molecular complexity index is 2020. The number of esters is 1. The van der Waals surface area contributed by atoms with E-state index in [1.807, 2.05) is 0 Å². The number of fused-ring (bicyclic) bond motifs is 3. The van der Waals surface area contributed by atoms with Gasteiger partial charge in [0.1, 0.15) is 28.1 Å². The number of alkyl halides is 2. The molecule has 3 aliphatic heterocycles. The van der Waals surface area contributed by atoms with Gasteiger partial charge in [-0.2, -0.15) is 13.5 Å². The van der Waals surface area contributed by atoms with E-state index >= 15 is 4.39 Å². The number of amides is 1. The fraction of sp³-hybridized carbons (Fsp3) is 0.324. The van der Waals surface area contributed by atoms with Crippen molar-refractivity contribution >= 4 is 41.0 Å². The Labute approximate surface area is 311 Å². The van der Waals surface area contributed by atoms with Crippen LogP contribution in [0.15, 0.2) is 79.1 Å². The van der Waals surface area contributed by atoms with Gasteiger partial charge in [0.15, 0.2) is 23.9 Å². The molecule has 0 spiro atoms. The van der Waals surface area contributed by atoms with Crippen LogP contribution in [0.4, 0.5) is 23.7 Å². The summed E-state index contributed by atoms with van der Waals surface area (Å²) < 4.78 is 85.7. The summed E-state index contributed by atoms with van der Waals surface area (Å²) in [5, 5.41) is 11.8. The molecule has 2 atom stereocenters. The molecule has 1 amide bonds. The smallest absolute Gasteiger partial charge is 0.415 e. The zero-order valence-corrected chi connectivity index (χ0v) is 28.9. The maximum Gasteiger partial charge on any atom is 0.415 e. The van der Waals surface area contributed by atoms with Crippen molar-refractivity contribution in [1.29, 1.82) is 0 Å². The summed E-state index contributed by atoms with van der Waals surface area (Å²) in [5.74, 6) is -2.55. The highest BCUT2D eigenvalue weighted by Crippen LogP contribution is 2.37. The molecular weight excluding hydrogens is 726 g/mol. The maximum atomic E-state index is 15.2. The van der Waals surface area contributed by atoms with Gasteiger partial charge in [0.25, 0.3) is 0 Å². The minimum Gasteiger partial charge on any atom is -0.619 e. The molecule has 2 bridgehead atoms.